The van der Waals surface area contributed by atoms with E-state index in [9.17, 15) is 9.90 Å². The van der Waals surface area contributed by atoms with Gasteiger partial charge in [0.15, 0.2) is 0 Å². The Morgan fingerprint density at radius 1 is 1.18 bits per heavy atom. The smallest absolute Gasteiger partial charge is 0.266 e. The number of benzene rings is 2. The van der Waals surface area contributed by atoms with Gasteiger partial charge in [0.05, 0.1) is 15.7 Å². The molecular formula is C16H10Cl2N2O2. The van der Waals surface area contributed by atoms with Crippen molar-refractivity contribution >= 4 is 40.9 Å². The lowest BCUT2D eigenvalue weighted by Crippen LogP contribution is -2.13. The lowest BCUT2D eigenvalue weighted by Gasteiger charge is -2.07. The molecule has 1 amide bonds. The Bertz CT molecular complexity index is 778. The third-order valence-electron chi connectivity index (χ3n) is 2.77. The number of amides is 1. The number of hydrogen-bond donors (Lipinski definition) is 2. The molecule has 2 aromatic rings. The van der Waals surface area contributed by atoms with E-state index in [2.05, 4.69) is 5.32 Å². The second-order valence-corrected chi connectivity index (χ2v) is 5.10. The highest BCUT2D eigenvalue weighted by Crippen LogP contribution is 2.29. The van der Waals surface area contributed by atoms with Crippen molar-refractivity contribution in [2.45, 2.75) is 0 Å². The Labute approximate surface area is 137 Å². The van der Waals surface area contributed by atoms with Gasteiger partial charge in [-0.25, -0.2) is 0 Å². The number of hydrogen-bond acceptors (Lipinski definition) is 3. The largest absolute Gasteiger partial charge is 0.508 e. The van der Waals surface area contributed by atoms with Crippen molar-refractivity contribution < 1.29 is 9.90 Å². The van der Waals surface area contributed by atoms with Gasteiger partial charge in [-0.05, 0) is 35.9 Å². The molecule has 0 bridgehead atoms. The van der Waals surface area contributed by atoms with Crippen LogP contribution >= 0.6 is 23.2 Å². The van der Waals surface area contributed by atoms with Crippen LogP contribution in [-0.2, 0) is 4.79 Å². The van der Waals surface area contributed by atoms with Gasteiger partial charge in [0.25, 0.3) is 5.91 Å². The van der Waals surface area contributed by atoms with E-state index < -0.39 is 5.91 Å². The number of anilines is 1. The Morgan fingerprint density at radius 3 is 2.50 bits per heavy atom. The number of rotatable bonds is 3. The van der Waals surface area contributed by atoms with Gasteiger partial charge >= 0.3 is 0 Å². The fraction of sp³-hybridized carbons (Fsp3) is 0. The first-order chi connectivity index (χ1) is 10.5. The minimum Gasteiger partial charge on any atom is -0.508 e. The van der Waals surface area contributed by atoms with Crippen LogP contribution in [0.2, 0.25) is 10.0 Å². The first kappa shape index (κ1) is 15.9. The predicted molar refractivity (Wildman–Crippen MR) is 86.8 cm³/mol. The number of phenolic OH excluding ortho intramolecular Hbond substituents is 1. The van der Waals surface area contributed by atoms with Crippen LogP contribution in [0.5, 0.6) is 5.75 Å². The van der Waals surface area contributed by atoms with Crippen LogP contribution in [0.3, 0.4) is 0 Å². The quantitative estimate of drug-likeness (QED) is 0.652. The van der Waals surface area contributed by atoms with Crippen LogP contribution in [-0.4, -0.2) is 11.0 Å². The molecule has 0 aliphatic rings. The second-order valence-electron chi connectivity index (χ2n) is 4.32. The maximum absolute atomic E-state index is 12.1. The SMILES string of the molecule is N#C/C(=C\c1ccc(O)cc1)C(=O)Nc1cccc(Cl)c1Cl. The molecule has 0 atom stereocenters. The monoisotopic (exact) mass is 332 g/mol. The van der Waals surface area contributed by atoms with Gasteiger partial charge in [0.2, 0.25) is 0 Å². The molecule has 0 spiro atoms. The molecule has 2 aromatic carbocycles. The summed E-state index contributed by atoms with van der Waals surface area (Å²) in [6, 6.07) is 12.8. The third-order valence-corrected chi connectivity index (χ3v) is 3.59. The van der Waals surface area contributed by atoms with Crippen molar-refractivity contribution in [3.8, 4) is 11.8 Å². The first-order valence-corrected chi connectivity index (χ1v) is 6.93. The average Bonchev–Trinajstić information content (AvgIpc) is 2.51. The van der Waals surface area contributed by atoms with Crippen molar-refractivity contribution in [3.05, 3.63) is 63.6 Å². The van der Waals surface area contributed by atoms with Gasteiger partial charge in [0.1, 0.15) is 17.4 Å². The van der Waals surface area contributed by atoms with Crippen molar-refractivity contribution in [1.82, 2.24) is 0 Å². The summed E-state index contributed by atoms with van der Waals surface area (Å²) in [6.07, 6.45) is 1.41. The molecular weight excluding hydrogens is 323 g/mol. The highest BCUT2D eigenvalue weighted by Gasteiger charge is 2.12. The summed E-state index contributed by atoms with van der Waals surface area (Å²) in [5.74, 6) is -0.495. The lowest BCUT2D eigenvalue weighted by molar-refractivity contribution is -0.112. The van der Waals surface area contributed by atoms with E-state index in [1.807, 2.05) is 6.07 Å². The molecule has 0 aromatic heterocycles. The highest BCUT2D eigenvalue weighted by atomic mass is 35.5. The Balaban J connectivity index is 2.24. The number of carbonyl (C=O) groups is 1. The predicted octanol–water partition coefficient (Wildman–Crippen LogP) is 4.24. The molecule has 0 unspecified atom stereocenters. The molecule has 2 N–H and O–H groups in total. The second kappa shape index (κ2) is 6.99. The fourth-order valence-corrected chi connectivity index (χ4v) is 2.02. The topological polar surface area (TPSA) is 73.1 Å². The molecule has 0 aliphatic heterocycles. The van der Waals surface area contributed by atoms with Crippen LogP contribution in [0, 0.1) is 11.3 Å². The Hall–Kier alpha value is -2.48. The lowest BCUT2D eigenvalue weighted by atomic mass is 10.1. The number of nitriles is 1. The summed E-state index contributed by atoms with van der Waals surface area (Å²) in [5, 5.41) is 21.4. The minimum absolute atomic E-state index is 0.0956. The summed E-state index contributed by atoms with van der Waals surface area (Å²) in [4.78, 5) is 12.1. The fourth-order valence-electron chi connectivity index (χ4n) is 1.68. The molecule has 0 saturated heterocycles. The van der Waals surface area contributed by atoms with Gasteiger partial charge in [-0.3, -0.25) is 4.79 Å². The van der Waals surface area contributed by atoms with E-state index in [1.54, 1.807) is 30.3 Å². The maximum atomic E-state index is 12.1. The van der Waals surface area contributed by atoms with Gasteiger partial charge in [-0.1, -0.05) is 41.4 Å². The number of carbonyl (C=O) groups excluding carboxylic acids is 1. The number of nitrogens with one attached hydrogen (secondary N) is 1. The van der Waals surface area contributed by atoms with Gasteiger partial charge in [-0.2, -0.15) is 5.26 Å². The van der Waals surface area contributed by atoms with Crippen LogP contribution in [0.15, 0.2) is 48.0 Å². The van der Waals surface area contributed by atoms with Gasteiger partial charge in [-0.15, -0.1) is 0 Å². The van der Waals surface area contributed by atoms with Crippen molar-refractivity contribution in [2.24, 2.45) is 0 Å². The maximum Gasteiger partial charge on any atom is 0.266 e. The van der Waals surface area contributed by atoms with E-state index in [0.717, 1.165) is 0 Å². The van der Waals surface area contributed by atoms with Gasteiger partial charge in [0, 0.05) is 0 Å². The summed E-state index contributed by atoms with van der Waals surface area (Å²) in [6.45, 7) is 0. The van der Waals surface area contributed by atoms with E-state index in [-0.39, 0.29) is 16.3 Å². The van der Waals surface area contributed by atoms with E-state index >= 15 is 0 Å². The zero-order valence-corrected chi connectivity index (χ0v) is 12.7. The summed E-state index contributed by atoms with van der Waals surface area (Å²) < 4.78 is 0. The van der Waals surface area contributed by atoms with Crippen molar-refractivity contribution in [2.75, 3.05) is 5.32 Å². The molecule has 2 rings (SSSR count). The van der Waals surface area contributed by atoms with Crippen LogP contribution in [0.1, 0.15) is 5.56 Å². The molecule has 0 fully saturated rings. The molecule has 22 heavy (non-hydrogen) atoms. The summed E-state index contributed by atoms with van der Waals surface area (Å²) >= 11 is 11.9. The summed E-state index contributed by atoms with van der Waals surface area (Å²) in [5.41, 5.74) is 0.842. The third kappa shape index (κ3) is 3.79. The molecule has 6 heteroatoms. The van der Waals surface area contributed by atoms with Crippen LogP contribution in [0.4, 0.5) is 5.69 Å². The van der Waals surface area contributed by atoms with Crippen molar-refractivity contribution in [1.29, 1.82) is 5.26 Å². The molecule has 0 radical (unpaired) electrons. The Morgan fingerprint density at radius 2 is 1.86 bits per heavy atom. The summed E-state index contributed by atoms with van der Waals surface area (Å²) in [7, 11) is 0. The van der Waals surface area contributed by atoms with Crippen LogP contribution in [0.25, 0.3) is 6.08 Å². The zero-order valence-electron chi connectivity index (χ0n) is 11.2. The van der Waals surface area contributed by atoms with E-state index in [4.69, 9.17) is 28.5 Å². The number of nitrogens with zero attached hydrogens (tertiary/aromatic N) is 1. The van der Waals surface area contributed by atoms with E-state index in [1.165, 1.54) is 18.2 Å². The van der Waals surface area contributed by atoms with Gasteiger partial charge < -0.3 is 10.4 Å². The molecule has 0 saturated carbocycles. The minimum atomic E-state index is -0.597. The molecule has 110 valence electrons. The molecule has 0 heterocycles. The highest BCUT2D eigenvalue weighted by molar-refractivity contribution is 6.44. The zero-order chi connectivity index (χ0) is 16.1. The first-order valence-electron chi connectivity index (χ1n) is 6.17. The Kier molecular flexibility index (Phi) is 5.05. The number of halogens is 2. The molecule has 4 nitrogen and oxygen atoms in total. The number of aromatic hydroxyl groups is 1. The van der Waals surface area contributed by atoms with Crippen molar-refractivity contribution in [3.63, 3.8) is 0 Å². The average molecular weight is 333 g/mol. The number of phenols is 1. The normalized spacial score (nSPS) is 10.9. The standard InChI is InChI=1S/C16H10Cl2N2O2/c17-13-2-1-3-14(15(13)18)20-16(22)11(9-19)8-10-4-6-12(21)7-5-10/h1-8,21H,(H,20,22)/b11-8+. The van der Waals surface area contributed by atoms with Crippen LogP contribution < -0.4 is 5.32 Å². The van der Waals surface area contributed by atoms with E-state index in [0.29, 0.717) is 16.3 Å². The molecule has 0 aliphatic carbocycles.